The van der Waals surface area contributed by atoms with Gasteiger partial charge in [-0.2, -0.15) is 10.2 Å². The van der Waals surface area contributed by atoms with Crippen molar-refractivity contribution in [1.29, 1.82) is 0 Å². The number of halogens is 1. The van der Waals surface area contributed by atoms with E-state index in [1.807, 2.05) is 36.4 Å². The maximum absolute atomic E-state index is 12.6. The highest BCUT2D eigenvalue weighted by Crippen LogP contribution is 2.19. The lowest BCUT2D eigenvalue weighted by Crippen LogP contribution is -2.14. The Morgan fingerprint density at radius 2 is 1.94 bits per heavy atom. The lowest BCUT2D eigenvalue weighted by atomic mass is 10.0. The van der Waals surface area contributed by atoms with Crippen LogP contribution in [-0.4, -0.2) is 25.5 Å². The highest BCUT2D eigenvalue weighted by atomic mass is 35.5. The second-order valence-corrected chi connectivity index (χ2v) is 8.18. The van der Waals surface area contributed by atoms with Crippen molar-refractivity contribution in [3.63, 3.8) is 0 Å². The Labute approximate surface area is 191 Å². The first-order valence-electron chi connectivity index (χ1n) is 10.3. The largest absolute Gasteiger partial charge is 0.471 e. The summed E-state index contributed by atoms with van der Waals surface area (Å²) < 4.78 is 9.09. The second-order valence-electron chi connectivity index (χ2n) is 7.75. The molecule has 0 radical (unpaired) electrons. The molecule has 0 bridgehead atoms. The number of aromatic nitrogens is 4. The Morgan fingerprint density at radius 1 is 1.12 bits per heavy atom. The van der Waals surface area contributed by atoms with Crippen LogP contribution in [0.25, 0.3) is 0 Å². The van der Waals surface area contributed by atoms with Crippen molar-refractivity contribution < 1.29 is 9.53 Å². The van der Waals surface area contributed by atoms with Crippen molar-refractivity contribution in [3.05, 3.63) is 95.0 Å². The molecule has 4 rings (SSSR count). The Kier molecular flexibility index (Phi) is 6.56. The molecule has 1 amide bonds. The van der Waals surface area contributed by atoms with Gasteiger partial charge in [0, 0.05) is 18.1 Å². The number of rotatable bonds is 8. The van der Waals surface area contributed by atoms with Gasteiger partial charge in [0.05, 0.1) is 17.8 Å². The summed E-state index contributed by atoms with van der Waals surface area (Å²) in [4.78, 5) is 12.6. The molecule has 8 heteroatoms. The van der Waals surface area contributed by atoms with Gasteiger partial charge in [-0.25, -0.2) is 4.68 Å². The average Bonchev–Trinajstić information content (AvgIpc) is 3.42. The third-order valence-corrected chi connectivity index (χ3v) is 5.11. The van der Waals surface area contributed by atoms with Crippen molar-refractivity contribution in [2.75, 3.05) is 5.32 Å². The molecule has 0 spiro atoms. The monoisotopic (exact) mass is 449 g/mol. The van der Waals surface area contributed by atoms with Gasteiger partial charge >= 0.3 is 0 Å². The van der Waals surface area contributed by atoms with Crippen LogP contribution < -0.4 is 10.1 Å². The van der Waals surface area contributed by atoms with Gasteiger partial charge in [-0.05, 0) is 47.4 Å². The normalized spacial score (nSPS) is 11.0. The van der Waals surface area contributed by atoms with Crippen LogP contribution in [0.5, 0.6) is 5.75 Å². The molecular formula is C24H24ClN5O2. The number of carbonyl (C=O) groups is 1. The summed E-state index contributed by atoms with van der Waals surface area (Å²) in [6.07, 6.45) is 5.06. The lowest BCUT2D eigenvalue weighted by molar-refractivity contribution is 0.102. The summed E-state index contributed by atoms with van der Waals surface area (Å²) in [6.45, 7) is 5.08. The molecule has 0 atom stereocenters. The fourth-order valence-electron chi connectivity index (χ4n) is 3.20. The van der Waals surface area contributed by atoms with Crippen molar-refractivity contribution in [2.24, 2.45) is 0 Å². The molecule has 0 saturated carbocycles. The van der Waals surface area contributed by atoms with Gasteiger partial charge in [-0.3, -0.25) is 9.48 Å². The third kappa shape index (κ3) is 5.56. The van der Waals surface area contributed by atoms with Crippen LogP contribution in [0.15, 0.2) is 73.2 Å². The van der Waals surface area contributed by atoms with E-state index in [4.69, 9.17) is 16.3 Å². The predicted octanol–water partition coefficient (Wildman–Crippen LogP) is 5.19. The molecular weight excluding hydrogens is 426 g/mol. The number of anilines is 1. The minimum atomic E-state index is -0.288. The number of nitrogens with one attached hydrogen (secondary N) is 1. The number of hydrogen-bond donors (Lipinski definition) is 1. The molecule has 0 saturated heterocycles. The molecule has 0 aliphatic heterocycles. The molecule has 0 fully saturated rings. The first-order valence-corrected chi connectivity index (χ1v) is 10.7. The Balaban J connectivity index is 1.34. The van der Waals surface area contributed by atoms with Gasteiger partial charge < -0.3 is 10.1 Å². The van der Waals surface area contributed by atoms with Crippen LogP contribution in [0.3, 0.4) is 0 Å². The molecule has 7 nitrogen and oxygen atoms in total. The molecule has 0 aliphatic carbocycles. The molecule has 2 heterocycles. The van der Waals surface area contributed by atoms with E-state index in [0.29, 0.717) is 28.9 Å². The van der Waals surface area contributed by atoms with Gasteiger partial charge in [0.25, 0.3) is 5.91 Å². The molecule has 32 heavy (non-hydrogen) atoms. The third-order valence-electron chi connectivity index (χ3n) is 4.91. The summed E-state index contributed by atoms with van der Waals surface area (Å²) in [5.74, 6) is 0.941. The molecule has 2 aromatic carbocycles. The van der Waals surface area contributed by atoms with E-state index in [1.165, 1.54) is 5.56 Å². The van der Waals surface area contributed by atoms with E-state index < -0.39 is 0 Å². The van der Waals surface area contributed by atoms with Crippen LogP contribution in [0, 0.1) is 0 Å². The minimum Gasteiger partial charge on any atom is -0.471 e. The standard InChI is InChI=1S/C24H24ClN5O2/c1-17(2)19-6-8-22(9-7-19)32-16-29-11-10-23(28-29)24(31)27-21-5-3-4-18(12-21)14-30-15-20(25)13-26-30/h3-13,15,17H,14,16H2,1-2H3,(H,27,31). The minimum absolute atomic E-state index is 0.218. The van der Waals surface area contributed by atoms with E-state index in [9.17, 15) is 4.79 Å². The first-order chi connectivity index (χ1) is 15.5. The zero-order valence-corrected chi connectivity index (χ0v) is 18.7. The van der Waals surface area contributed by atoms with Gasteiger partial charge in [0.2, 0.25) is 0 Å². The lowest BCUT2D eigenvalue weighted by Gasteiger charge is -2.09. The quantitative estimate of drug-likeness (QED) is 0.401. The number of carbonyl (C=O) groups excluding carboxylic acids is 1. The SMILES string of the molecule is CC(C)c1ccc(OCn2ccc(C(=O)Nc3cccc(Cn4cc(Cl)cn4)c3)n2)cc1. The summed E-state index contributed by atoms with van der Waals surface area (Å²) >= 11 is 5.91. The highest BCUT2D eigenvalue weighted by molar-refractivity contribution is 6.30. The Morgan fingerprint density at radius 3 is 2.66 bits per heavy atom. The van der Waals surface area contributed by atoms with E-state index in [1.54, 1.807) is 34.0 Å². The van der Waals surface area contributed by atoms with Gasteiger partial charge in [-0.15, -0.1) is 0 Å². The molecule has 0 unspecified atom stereocenters. The topological polar surface area (TPSA) is 74.0 Å². The zero-order valence-electron chi connectivity index (χ0n) is 17.9. The van der Waals surface area contributed by atoms with E-state index >= 15 is 0 Å². The smallest absolute Gasteiger partial charge is 0.276 e. The second kappa shape index (κ2) is 9.70. The van der Waals surface area contributed by atoms with Crippen LogP contribution in [0.2, 0.25) is 5.02 Å². The average molecular weight is 450 g/mol. The highest BCUT2D eigenvalue weighted by Gasteiger charge is 2.11. The fraction of sp³-hybridized carbons (Fsp3) is 0.208. The maximum atomic E-state index is 12.6. The number of nitrogens with zero attached hydrogens (tertiary/aromatic N) is 4. The van der Waals surface area contributed by atoms with Gasteiger partial charge in [0.1, 0.15) is 5.75 Å². The van der Waals surface area contributed by atoms with Crippen molar-refractivity contribution >= 4 is 23.2 Å². The van der Waals surface area contributed by atoms with Crippen molar-refractivity contribution in [1.82, 2.24) is 19.6 Å². The van der Waals surface area contributed by atoms with Gasteiger partial charge in [0.15, 0.2) is 12.4 Å². The van der Waals surface area contributed by atoms with E-state index in [0.717, 1.165) is 11.3 Å². The maximum Gasteiger partial charge on any atom is 0.276 e. The van der Waals surface area contributed by atoms with Crippen LogP contribution >= 0.6 is 11.6 Å². The zero-order chi connectivity index (χ0) is 22.5. The summed E-state index contributed by atoms with van der Waals surface area (Å²) in [6, 6.07) is 17.2. The summed E-state index contributed by atoms with van der Waals surface area (Å²) in [7, 11) is 0. The number of ether oxygens (including phenoxy) is 1. The number of benzene rings is 2. The summed E-state index contributed by atoms with van der Waals surface area (Å²) in [5, 5.41) is 12.0. The van der Waals surface area contributed by atoms with E-state index in [-0.39, 0.29) is 12.6 Å². The van der Waals surface area contributed by atoms with Gasteiger partial charge in [-0.1, -0.05) is 49.7 Å². The van der Waals surface area contributed by atoms with Crippen LogP contribution in [0.4, 0.5) is 5.69 Å². The van der Waals surface area contributed by atoms with Crippen LogP contribution in [0.1, 0.15) is 41.4 Å². The predicted molar refractivity (Wildman–Crippen MR) is 124 cm³/mol. The van der Waals surface area contributed by atoms with Crippen LogP contribution in [-0.2, 0) is 13.3 Å². The Hall–Kier alpha value is -3.58. The van der Waals surface area contributed by atoms with Crippen molar-refractivity contribution in [3.8, 4) is 5.75 Å². The number of hydrogen-bond acceptors (Lipinski definition) is 4. The molecule has 164 valence electrons. The molecule has 1 N–H and O–H groups in total. The molecule has 0 aliphatic rings. The summed E-state index contributed by atoms with van der Waals surface area (Å²) in [5.41, 5.74) is 3.24. The van der Waals surface area contributed by atoms with E-state index in [2.05, 4.69) is 41.5 Å². The number of amides is 1. The first kappa shape index (κ1) is 21.6. The molecule has 2 aromatic heterocycles. The fourth-order valence-corrected chi connectivity index (χ4v) is 3.36. The Bertz CT molecular complexity index is 1200. The molecule has 4 aromatic rings. The van der Waals surface area contributed by atoms with Crippen molar-refractivity contribution in [2.45, 2.75) is 33.0 Å².